The SMILES string of the molecule is c1ccc(-c2nc(-c3ccc4c(c3)sc3ccc5ccccc5c34)nc(-c3cc4c5ccccc5oc4c4c3sc3ccccc34)n2)cc1. The van der Waals surface area contributed by atoms with Crippen LogP contribution in [0.5, 0.6) is 0 Å². The van der Waals surface area contributed by atoms with Crippen molar-refractivity contribution in [3.63, 3.8) is 0 Å². The quantitative estimate of drug-likeness (QED) is 0.189. The largest absolute Gasteiger partial charge is 0.455 e. The third kappa shape index (κ3) is 4.05. The Balaban J connectivity index is 1.20. The second-order valence-electron chi connectivity index (χ2n) is 12.3. The van der Waals surface area contributed by atoms with Crippen LogP contribution in [-0.2, 0) is 0 Å². The van der Waals surface area contributed by atoms with Gasteiger partial charge in [0.25, 0.3) is 0 Å². The second-order valence-corrected chi connectivity index (χ2v) is 14.5. The molecule has 0 fully saturated rings. The first-order chi connectivity index (χ1) is 24.3. The molecule has 11 rings (SSSR count). The van der Waals surface area contributed by atoms with E-state index in [1.54, 1.807) is 11.3 Å². The minimum Gasteiger partial charge on any atom is -0.455 e. The molecule has 0 bridgehead atoms. The predicted molar refractivity (Wildman–Crippen MR) is 207 cm³/mol. The van der Waals surface area contributed by atoms with Crippen molar-refractivity contribution in [3.8, 4) is 34.2 Å². The first kappa shape index (κ1) is 27.0. The molecule has 0 amide bonds. The maximum Gasteiger partial charge on any atom is 0.165 e. The first-order valence-electron chi connectivity index (χ1n) is 16.2. The highest BCUT2D eigenvalue weighted by Gasteiger charge is 2.22. The highest BCUT2D eigenvalue weighted by molar-refractivity contribution is 7.26. The van der Waals surface area contributed by atoms with Gasteiger partial charge in [-0.3, -0.25) is 0 Å². The molecule has 0 unspecified atom stereocenters. The van der Waals surface area contributed by atoms with Crippen molar-refractivity contribution in [2.75, 3.05) is 0 Å². The standard InChI is InChI=1S/C43H23N3OS2/c1-2-11-25(12-3-1)41-44-42(26-18-20-30-36(22-26)48-35-21-19-24-10-4-5-13-27(24)37(30)35)46-43(45-41)32-23-31-28-14-6-8-16-33(28)47-39(31)38-29-15-7-9-17-34(29)49-40(32)38/h1-23H. The molecule has 0 saturated heterocycles. The van der Waals surface area contributed by atoms with Crippen LogP contribution in [0.25, 0.3) is 107 Å². The van der Waals surface area contributed by atoms with Gasteiger partial charge in [-0.1, -0.05) is 109 Å². The van der Waals surface area contributed by atoms with Gasteiger partial charge in [0.05, 0.1) is 4.70 Å². The van der Waals surface area contributed by atoms with Gasteiger partial charge in [-0.2, -0.15) is 0 Å². The molecule has 0 atom stereocenters. The topological polar surface area (TPSA) is 51.8 Å². The molecule has 0 aliphatic carbocycles. The highest BCUT2D eigenvalue weighted by Crippen LogP contribution is 2.46. The number of furan rings is 1. The molecular weight excluding hydrogens is 639 g/mol. The molecule has 228 valence electrons. The van der Waals surface area contributed by atoms with Crippen LogP contribution in [-0.4, -0.2) is 15.0 Å². The van der Waals surface area contributed by atoms with Gasteiger partial charge in [0.15, 0.2) is 17.5 Å². The molecule has 0 saturated carbocycles. The zero-order valence-electron chi connectivity index (χ0n) is 25.8. The lowest BCUT2D eigenvalue weighted by atomic mass is 10.0. The van der Waals surface area contributed by atoms with Crippen LogP contribution in [0.1, 0.15) is 0 Å². The number of hydrogen-bond acceptors (Lipinski definition) is 6. The minimum absolute atomic E-state index is 0.648. The van der Waals surface area contributed by atoms with E-state index in [0.29, 0.717) is 17.5 Å². The van der Waals surface area contributed by atoms with Gasteiger partial charge in [0, 0.05) is 63.1 Å². The van der Waals surface area contributed by atoms with E-state index in [1.807, 2.05) is 41.7 Å². The lowest BCUT2D eigenvalue weighted by Crippen LogP contribution is -2.00. The fourth-order valence-corrected chi connectivity index (χ4v) is 9.63. The molecule has 11 aromatic rings. The molecule has 0 aliphatic rings. The van der Waals surface area contributed by atoms with Crippen LogP contribution in [0.15, 0.2) is 144 Å². The van der Waals surface area contributed by atoms with E-state index >= 15 is 0 Å². The van der Waals surface area contributed by atoms with E-state index in [4.69, 9.17) is 19.4 Å². The number of fused-ring (bicyclic) bond motifs is 12. The van der Waals surface area contributed by atoms with Crippen molar-refractivity contribution >= 4 is 95.7 Å². The Hall–Kier alpha value is -5.95. The summed E-state index contributed by atoms with van der Waals surface area (Å²) in [7, 11) is 0. The average molecular weight is 662 g/mol. The Morgan fingerprint density at radius 1 is 0.429 bits per heavy atom. The van der Waals surface area contributed by atoms with Crippen molar-refractivity contribution in [1.82, 2.24) is 15.0 Å². The number of hydrogen-bond donors (Lipinski definition) is 0. The molecular formula is C43H23N3OS2. The number of nitrogens with zero attached hydrogens (tertiary/aromatic N) is 3. The molecule has 4 nitrogen and oxygen atoms in total. The fourth-order valence-electron chi connectivity index (χ4n) is 7.26. The molecule has 4 aromatic heterocycles. The Morgan fingerprint density at radius 2 is 1.14 bits per heavy atom. The second kappa shape index (κ2) is 10.3. The first-order valence-corrected chi connectivity index (χ1v) is 17.8. The van der Waals surface area contributed by atoms with Crippen molar-refractivity contribution < 1.29 is 4.42 Å². The molecule has 0 N–H and O–H groups in total. The van der Waals surface area contributed by atoms with Crippen molar-refractivity contribution in [1.29, 1.82) is 0 Å². The van der Waals surface area contributed by atoms with Gasteiger partial charge in [-0.15, -0.1) is 22.7 Å². The summed E-state index contributed by atoms with van der Waals surface area (Å²) in [6.45, 7) is 0. The van der Waals surface area contributed by atoms with Gasteiger partial charge in [0.2, 0.25) is 0 Å². The van der Waals surface area contributed by atoms with Crippen molar-refractivity contribution in [3.05, 3.63) is 140 Å². The molecule has 6 heteroatoms. The fraction of sp³-hybridized carbons (Fsp3) is 0. The zero-order valence-corrected chi connectivity index (χ0v) is 27.5. The average Bonchev–Trinajstić information content (AvgIpc) is 3.85. The third-order valence-electron chi connectivity index (χ3n) is 9.52. The summed E-state index contributed by atoms with van der Waals surface area (Å²) >= 11 is 3.57. The van der Waals surface area contributed by atoms with Crippen LogP contribution >= 0.6 is 22.7 Å². The number of benzene rings is 7. The molecule has 4 heterocycles. The monoisotopic (exact) mass is 661 g/mol. The van der Waals surface area contributed by atoms with E-state index in [0.717, 1.165) is 48.7 Å². The molecule has 7 aromatic carbocycles. The number of para-hydroxylation sites is 1. The summed E-state index contributed by atoms with van der Waals surface area (Å²) in [6, 6.07) is 48.9. The summed E-state index contributed by atoms with van der Waals surface area (Å²) in [5.74, 6) is 1.95. The summed E-state index contributed by atoms with van der Waals surface area (Å²) in [5, 5.41) is 9.51. The lowest BCUT2D eigenvalue weighted by Gasteiger charge is -2.10. The van der Waals surface area contributed by atoms with Gasteiger partial charge < -0.3 is 4.42 Å². The van der Waals surface area contributed by atoms with Crippen molar-refractivity contribution in [2.45, 2.75) is 0 Å². The number of thiophene rings is 2. The summed E-state index contributed by atoms with van der Waals surface area (Å²) in [5.41, 5.74) is 4.66. The Labute approximate surface area is 287 Å². The zero-order chi connectivity index (χ0) is 32.1. The van der Waals surface area contributed by atoms with Gasteiger partial charge in [0.1, 0.15) is 11.2 Å². The third-order valence-corrected chi connectivity index (χ3v) is 11.8. The maximum atomic E-state index is 6.56. The van der Waals surface area contributed by atoms with Gasteiger partial charge >= 0.3 is 0 Å². The van der Waals surface area contributed by atoms with E-state index in [-0.39, 0.29) is 0 Å². The molecule has 0 aliphatic heterocycles. The Kier molecular flexibility index (Phi) is 5.67. The molecule has 49 heavy (non-hydrogen) atoms. The van der Waals surface area contributed by atoms with Crippen molar-refractivity contribution in [2.24, 2.45) is 0 Å². The van der Waals surface area contributed by atoms with Crippen LogP contribution in [0.4, 0.5) is 0 Å². The normalized spacial score (nSPS) is 12.1. The van der Waals surface area contributed by atoms with Gasteiger partial charge in [-0.25, -0.2) is 15.0 Å². The number of rotatable bonds is 3. The Morgan fingerprint density at radius 3 is 2.04 bits per heavy atom. The smallest absolute Gasteiger partial charge is 0.165 e. The summed E-state index contributed by atoms with van der Waals surface area (Å²) in [4.78, 5) is 15.5. The van der Waals surface area contributed by atoms with Crippen LogP contribution < -0.4 is 0 Å². The van der Waals surface area contributed by atoms with E-state index < -0.39 is 0 Å². The Bertz CT molecular complexity index is 3120. The summed E-state index contributed by atoms with van der Waals surface area (Å²) in [6.07, 6.45) is 0. The predicted octanol–water partition coefficient (Wildman–Crippen LogP) is 12.7. The molecule has 0 radical (unpaired) electrons. The van der Waals surface area contributed by atoms with E-state index in [1.165, 1.54) is 41.0 Å². The lowest BCUT2D eigenvalue weighted by molar-refractivity contribution is 0.673. The van der Waals surface area contributed by atoms with Crippen LogP contribution in [0.3, 0.4) is 0 Å². The van der Waals surface area contributed by atoms with Crippen LogP contribution in [0, 0.1) is 0 Å². The summed E-state index contributed by atoms with van der Waals surface area (Å²) < 4.78 is 11.4. The number of aromatic nitrogens is 3. The van der Waals surface area contributed by atoms with Gasteiger partial charge in [-0.05, 0) is 41.1 Å². The molecule has 0 spiro atoms. The highest BCUT2D eigenvalue weighted by atomic mass is 32.1. The maximum absolute atomic E-state index is 6.56. The van der Waals surface area contributed by atoms with Crippen LogP contribution in [0.2, 0.25) is 0 Å². The van der Waals surface area contributed by atoms with E-state index in [2.05, 4.69) is 109 Å². The minimum atomic E-state index is 0.648. The van der Waals surface area contributed by atoms with E-state index in [9.17, 15) is 0 Å².